The highest BCUT2D eigenvalue weighted by Crippen LogP contribution is 2.40. The Hall–Kier alpha value is -0.0500. The standard InChI is InChI=1S/C12H15I/c1-2-12(9-13)7-10-5-3-4-6-11(10)8-12/h3-6H,2,7-9H2,1H3. The van der Waals surface area contributed by atoms with Crippen LogP contribution in [-0.4, -0.2) is 4.43 Å². The molecule has 2 rings (SSSR count). The molecule has 0 radical (unpaired) electrons. The third-order valence-electron chi connectivity index (χ3n) is 3.28. The first kappa shape index (κ1) is 9.50. The molecule has 13 heavy (non-hydrogen) atoms. The van der Waals surface area contributed by atoms with Crippen LogP contribution < -0.4 is 0 Å². The number of halogens is 1. The summed E-state index contributed by atoms with van der Waals surface area (Å²) in [5.41, 5.74) is 3.74. The monoisotopic (exact) mass is 286 g/mol. The predicted octanol–water partition coefficient (Wildman–Crippen LogP) is 3.62. The number of rotatable bonds is 2. The lowest BCUT2D eigenvalue weighted by molar-refractivity contribution is 0.348. The number of fused-ring (bicyclic) bond motifs is 1. The van der Waals surface area contributed by atoms with Crippen LogP contribution in [0, 0.1) is 5.41 Å². The molecule has 0 heterocycles. The lowest BCUT2D eigenvalue weighted by Crippen LogP contribution is -2.21. The van der Waals surface area contributed by atoms with Crippen LogP contribution in [0.15, 0.2) is 24.3 Å². The Morgan fingerprint density at radius 1 is 1.23 bits per heavy atom. The van der Waals surface area contributed by atoms with Gasteiger partial charge in [-0.3, -0.25) is 0 Å². The minimum absolute atomic E-state index is 0.574. The van der Waals surface area contributed by atoms with Crippen molar-refractivity contribution in [2.75, 3.05) is 4.43 Å². The third-order valence-corrected chi connectivity index (χ3v) is 4.90. The fourth-order valence-corrected chi connectivity index (χ4v) is 3.29. The van der Waals surface area contributed by atoms with Gasteiger partial charge in [0, 0.05) is 4.43 Å². The van der Waals surface area contributed by atoms with Crippen molar-refractivity contribution in [1.82, 2.24) is 0 Å². The van der Waals surface area contributed by atoms with Crippen molar-refractivity contribution in [1.29, 1.82) is 0 Å². The molecule has 0 bridgehead atoms. The van der Waals surface area contributed by atoms with Gasteiger partial charge in [-0.1, -0.05) is 53.8 Å². The van der Waals surface area contributed by atoms with Crippen molar-refractivity contribution >= 4 is 22.6 Å². The van der Waals surface area contributed by atoms with Crippen LogP contribution in [0.1, 0.15) is 24.5 Å². The Morgan fingerprint density at radius 3 is 2.15 bits per heavy atom. The van der Waals surface area contributed by atoms with Gasteiger partial charge in [0.2, 0.25) is 0 Å². The average Bonchev–Trinajstić information content (AvgIpc) is 2.57. The van der Waals surface area contributed by atoms with E-state index in [9.17, 15) is 0 Å². The summed E-state index contributed by atoms with van der Waals surface area (Å²) in [5.74, 6) is 0. The molecule has 1 aliphatic rings. The molecule has 1 aromatic carbocycles. The topological polar surface area (TPSA) is 0 Å². The molecule has 1 heteroatoms. The number of alkyl halides is 1. The molecule has 0 nitrogen and oxygen atoms in total. The second-order valence-electron chi connectivity index (χ2n) is 4.11. The van der Waals surface area contributed by atoms with E-state index < -0.39 is 0 Å². The van der Waals surface area contributed by atoms with Gasteiger partial charge in [-0.05, 0) is 35.8 Å². The highest BCUT2D eigenvalue weighted by molar-refractivity contribution is 14.1. The Bertz CT molecular complexity index is 273. The lowest BCUT2D eigenvalue weighted by atomic mass is 9.84. The van der Waals surface area contributed by atoms with E-state index in [4.69, 9.17) is 0 Å². The molecular weight excluding hydrogens is 271 g/mol. The predicted molar refractivity (Wildman–Crippen MR) is 65.5 cm³/mol. The zero-order chi connectivity index (χ0) is 9.31. The van der Waals surface area contributed by atoms with Crippen LogP contribution in [0.5, 0.6) is 0 Å². The maximum absolute atomic E-state index is 2.54. The minimum Gasteiger partial charge on any atom is -0.0857 e. The molecule has 70 valence electrons. The summed E-state index contributed by atoms with van der Waals surface area (Å²) in [4.78, 5) is 0. The van der Waals surface area contributed by atoms with E-state index in [1.165, 1.54) is 23.7 Å². The second kappa shape index (κ2) is 3.60. The smallest absolute Gasteiger partial charge is 0.00582 e. The van der Waals surface area contributed by atoms with Crippen molar-refractivity contribution in [3.05, 3.63) is 35.4 Å². The van der Waals surface area contributed by atoms with Crippen LogP contribution in [0.2, 0.25) is 0 Å². The van der Waals surface area contributed by atoms with E-state index in [0.29, 0.717) is 5.41 Å². The quantitative estimate of drug-likeness (QED) is 0.575. The molecule has 0 saturated heterocycles. The fraction of sp³-hybridized carbons (Fsp3) is 0.500. The summed E-state index contributed by atoms with van der Waals surface area (Å²) in [7, 11) is 0. The SMILES string of the molecule is CCC1(CI)Cc2ccccc2C1. The highest BCUT2D eigenvalue weighted by atomic mass is 127. The van der Waals surface area contributed by atoms with Gasteiger partial charge in [-0.25, -0.2) is 0 Å². The van der Waals surface area contributed by atoms with Crippen molar-refractivity contribution in [3.63, 3.8) is 0 Å². The van der Waals surface area contributed by atoms with E-state index in [0.717, 1.165) is 0 Å². The first-order valence-corrected chi connectivity index (χ1v) is 6.45. The molecule has 0 saturated carbocycles. The van der Waals surface area contributed by atoms with E-state index in [1.54, 1.807) is 11.1 Å². The maximum Gasteiger partial charge on any atom is 0.00582 e. The summed E-state index contributed by atoms with van der Waals surface area (Å²) >= 11 is 2.54. The summed E-state index contributed by atoms with van der Waals surface area (Å²) in [6, 6.07) is 8.91. The zero-order valence-electron chi connectivity index (χ0n) is 8.02. The van der Waals surface area contributed by atoms with Gasteiger partial charge in [0.05, 0.1) is 0 Å². The first-order chi connectivity index (χ1) is 6.29. The molecule has 0 spiro atoms. The van der Waals surface area contributed by atoms with Crippen molar-refractivity contribution in [3.8, 4) is 0 Å². The van der Waals surface area contributed by atoms with Gasteiger partial charge in [0.25, 0.3) is 0 Å². The first-order valence-electron chi connectivity index (χ1n) is 4.92. The van der Waals surface area contributed by atoms with Crippen LogP contribution in [0.25, 0.3) is 0 Å². The average molecular weight is 286 g/mol. The number of benzene rings is 1. The molecule has 0 N–H and O–H groups in total. The Kier molecular flexibility index (Phi) is 2.63. The number of hydrogen-bond acceptors (Lipinski definition) is 0. The van der Waals surface area contributed by atoms with Crippen molar-refractivity contribution in [2.45, 2.75) is 26.2 Å². The van der Waals surface area contributed by atoms with E-state index in [1.807, 2.05) is 0 Å². The Morgan fingerprint density at radius 2 is 1.77 bits per heavy atom. The van der Waals surface area contributed by atoms with Crippen molar-refractivity contribution < 1.29 is 0 Å². The molecule has 0 aromatic heterocycles. The minimum atomic E-state index is 0.574. The molecule has 0 fully saturated rings. The van der Waals surface area contributed by atoms with Crippen molar-refractivity contribution in [2.24, 2.45) is 5.41 Å². The second-order valence-corrected chi connectivity index (χ2v) is 4.87. The van der Waals surface area contributed by atoms with Gasteiger partial charge >= 0.3 is 0 Å². The van der Waals surface area contributed by atoms with Gasteiger partial charge < -0.3 is 0 Å². The van der Waals surface area contributed by atoms with Gasteiger partial charge in [-0.15, -0.1) is 0 Å². The zero-order valence-corrected chi connectivity index (χ0v) is 10.2. The number of hydrogen-bond donors (Lipinski definition) is 0. The van der Waals surface area contributed by atoms with Crippen LogP contribution >= 0.6 is 22.6 Å². The van der Waals surface area contributed by atoms with Gasteiger partial charge in [0.15, 0.2) is 0 Å². The molecule has 0 amide bonds. The van der Waals surface area contributed by atoms with Crippen LogP contribution in [0.4, 0.5) is 0 Å². The third kappa shape index (κ3) is 1.63. The molecule has 1 aliphatic carbocycles. The molecular formula is C12H15I. The highest BCUT2D eigenvalue weighted by Gasteiger charge is 2.34. The molecule has 0 aliphatic heterocycles. The van der Waals surface area contributed by atoms with Crippen LogP contribution in [0.3, 0.4) is 0 Å². The molecule has 0 unspecified atom stereocenters. The van der Waals surface area contributed by atoms with E-state index in [-0.39, 0.29) is 0 Å². The summed E-state index contributed by atoms with van der Waals surface area (Å²) in [6.45, 7) is 2.32. The van der Waals surface area contributed by atoms with E-state index in [2.05, 4.69) is 53.8 Å². The molecule has 1 aromatic rings. The van der Waals surface area contributed by atoms with Gasteiger partial charge in [0.1, 0.15) is 0 Å². The summed E-state index contributed by atoms with van der Waals surface area (Å²) in [5, 5.41) is 0. The maximum atomic E-state index is 2.54. The summed E-state index contributed by atoms with van der Waals surface area (Å²) < 4.78 is 1.29. The molecule has 0 atom stereocenters. The van der Waals surface area contributed by atoms with Gasteiger partial charge in [-0.2, -0.15) is 0 Å². The fourth-order valence-electron chi connectivity index (χ4n) is 2.21. The summed E-state index contributed by atoms with van der Waals surface area (Å²) in [6.07, 6.45) is 3.90. The lowest BCUT2D eigenvalue weighted by Gasteiger charge is -2.24. The Labute approximate surface area is 93.9 Å². The van der Waals surface area contributed by atoms with Crippen LogP contribution in [-0.2, 0) is 12.8 Å². The largest absolute Gasteiger partial charge is 0.0857 e. The normalized spacial score (nSPS) is 18.6. The Balaban J connectivity index is 2.30. The van der Waals surface area contributed by atoms with E-state index >= 15 is 0 Å².